The Morgan fingerprint density at radius 2 is 1.95 bits per heavy atom. The van der Waals surface area contributed by atoms with Gasteiger partial charge in [-0.3, -0.25) is 0 Å². The van der Waals surface area contributed by atoms with Crippen LogP contribution in [0.2, 0.25) is 5.02 Å². The molecule has 6 rings (SSSR count). The van der Waals surface area contributed by atoms with Crippen molar-refractivity contribution in [3.8, 4) is 0 Å². The Morgan fingerprint density at radius 1 is 1.05 bits per heavy atom. The van der Waals surface area contributed by atoms with Crippen molar-refractivity contribution >= 4 is 17.3 Å². The maximum Gasteiger partial charge on any atom is 0.0519 e. The quantitative estimate of drug-likeness (QED) is 0.717. The summed E-state index contributed by atoms with van der Waals surface area (Å²) in [6.07, 6.45) is 2.31. The Labute approximate surface area is 118 Å². The third-order valence-corrected chi connectivity index (χ3v) is 4.78. The lowest BCUT2D eigenvalue weighted by molar-refractivity contribution is 0.649. The molecule has 3 heterocycles. The van der Waals surface area contributed by atoms with Gasteiger partial charge >= 0.3 is 0 Å². The summed E-state index contributed by atoms with van der Waals surface area (Å²) >= 11 is 6.21. The highest BCUT2D eigenvalue weighted by atomic mass is 35.5. The van der Waals surface area contributed by atoms with Gasteiger partial charge in [0, 0.05) is 16.6 Å². The van der Waals surface area contributed by atoms with E-state index in [-0.39, 0.29) is 0 Å². The van der Waals surface area contributed by atoms with Gasteiger partial charge in [-0.1, -0.05) is 30.7 Å². The molecule has 4 aliphatic rings. The lowest BCUT2D eigenvalue weighted by atomic mass is 9.78. The molecule has 2 heteroatoms. The van der Waals surface area contributed by atoms with E-state index in [1.165, 1.54) is 27.9 Å². The van der Waals surface area contributed by atoms with E-state index in [0.29, 0.717) is 12.0 Å². The molecule has 4 bridgehead atoms. The zero-order valence-electron chi connectivity index (χ0n) is 10.9. The summed E-state index contributed by atoms with van der Waals surface area (Å²) in [5, 5.41) is 4.50. The van der Waals surface area contributed by atoms with Gasteiger partial charge in [0.1, 0.15) is 0 Å². The molecule has 2 aromatic rings. The normalized spacial score (nSPS) is 23.3. The Bertz CT molecular complexity index is 662. The minimum Gasteiger partial charge on any atom is -0.378 e. The molecule has 0 spiro atoms. The molecule has 19 heavy (non-hydrogen) atoms. The number of halogens is 1. The molecule has 0 radical (unpaired) electrons. The number of nitrogens with one attached hydrogen (secondary N) is 1. The summed E-state index contributed by atoms with van der Waals surface area (Å²) in [7, 11) is 0. The van der Waals surface area contributed by atoms with Crippen LogP contribution in [0.3, 0.4) is 0 Å². The molecule has 1 N–H and O–H groups in total. The van der Waals surface area contributed by atoms with Crippen molar-refractivity contribution in [1.29, 1.82) is 0 Å². The molecule has 0 saturated carbocycles. The molecule has 1 nitrogen and oxygen atoms in total. The van der Waals surface area contributed by atoms with E-state index in [1.807, 2.05) is 6.07 Å². The zero-order valence-corrected chi connectivity index (χ0v) is 11.7. The van der Waals surface area contributed by atoms with Gasteiger partial charge in [0.25, 0.3) is 0 Å². The van der Waals surface area contributed by atoms with Crippen LogP contribution in [-0.2, 0) is 6.42 Å². The van der Waals surface area contributed by atoms with Crippen LogP contribution in [-0.4, -0.2) is 0 Å². The molecule has 1 aliphatic carbocycles. The second kappa shape index (κ2) is 4.01. The monoisotopic (exact) mass is 269 g/mol. The number of aryl methyl sites for hydroxylation is 1. The average molecular weight is 270 g/mol. The summed E-state index contributed by atoms with van der Waals surface area (Å²) < 4.78 is 0. The summed E-state index contributed by atoms with van der Waals surface area (Å²) in [6, 6.07) is 13.6. The van der Waals surface area contributed by atoms with Crippen LogP contribution >= 0.6 is 11.6 Å². The van der Waals surface area contributed by atoms with Gasteiger partial charge in [-0.05, 0) is 59.4 Å². The van der Waals surface area contributed by atoms with E-state index in [2.05, 4.69) is 42.6 Å². The molecule has 0 aromatic heterocycles. The van der Waals surface area contributed by atoms with Crippen LogP contribution in [0.1, 0.15) is 47.6 Å². The third-order valence-electron chi connectivity index (χ3n) is 4.55. The Morgan fingerprint density at radius 3 is 2.84 bits per heavy atom. The Kier molecular flexibility index (Phi) is 2.40. The molecule has 96 valence electrons. The lowest BCUT2D eigenvalue weighted by Crippen LogP contribution is -2.21. The van der Waals surface area contributed by atoms with Crippen molar-refractivity contribution in [2.75, 3.05) is 5.32 Å². The first kappa shape index (κ1) is 11.4. The van der Waals surface area contributed by atoms with Crippen LogP contribution in [0.15, 0.2) is 36.4 Å². The molecule has 1 unspecified atom stereocenters. The molecule has 0 amide bonds. The van der Waals surface area contributed by atoms with Gasteiger partial charge in [-0.15, -0.1) is 0 Å². The molecule has 0 fully saturated rings. The van der Waals surface area contributed by atoms with Gasteiger partial charge in [-0.2, -0.15) is 0 Å². The first-order valence-corrected chi connectivity index (χ1v) is 7.29. The summed E-state index contributed by atoms with van der Waals surface area (Å²) in [6.45, 7) is 2.30. The van der Waals surface area contributed by atoms with E-state index in [9.17, 15) is 0 Å². The van der Waals surface area contributed by atoms with E-state index in [4.69, 9.17) is 11.6 Å². The fourth-order valence-corrected chi connectivity index (χ4v) is 3.71. The standard InChI is InChI=1S/C17H16ClN/c1-10-15-9-13-5-2-11(15)3-7-17(19-13)14-6-4-12(18)8-16(10)14/h2,4-6,8-10,17,19H,3,7H2,1H3/t10-,17?/m1/s1. The molecule has 0 saturated heterocycles. The highest BCUT2D eigenvalue weighted by Gasteiger charge is 2.27. The maximum absolute atomic E-state index is 6.21. The zero-order chi connectivity index (χ0) is 13.0. The smallest absolute Gasteiger partial charge is 0.0519 e. The van der Waals surface area contributed by atoms with E-state index in [0.717, 1.165) is 17.9 Å². The number of fused-ring (bicyclic) bond motifs is 1. The summed E-state index contributed by atoms with van der Waals surface area (Å²) in [5.74, 6) is 0.425. The third kappa shape index (κ3) is 1.68. The number of rotatable bonds is 0. The highest BCUT2D eigenvalue weighted by molar-refractivity contribution is 6.30. The van der Waals surface area contributed by atoms with Crippen molar-refractivity contribution in [2.45, 2.75) is 31.7 Å². The van der Waals surface area contributed by atoms with Crippen molar-refractivity contribution in [3.63, 3.8) is 0 Å². The predicted octanol–water partition coefficient (Wildman–Crippen LogP) is 4.90. The van der Waals surface area contributed by atoms with Crippen molar-refractivity contribution in [2.24, 2.45) is 0 Å². The topological polar surface area (TPSA) is 12.0 Å². The fourth-order valence-electron chi connectivity index (χ4n) is 3.53. The summed E-state index contributed by atoms with van der Waals surface area (Å²) in [5.41, 5.74) is 6.98. The molecular formula is C17H16ClN. The van der Waals surface area contributed by atoms with E-state index in [1.54, 1.807) is 0 Å². The van der Waals surface area contributed by atoms with Crippen LogP contribution in [0, 0.1) is 0 Å². The average Bonchev–Trinajstić information content (AvgIpc) is 2.37. The maximum atomic E-state index is 6.21. The number of hydrogen-bond donors (Lipinski definition) is 1. The molecule has 3 aliphatic heterocycles. The number of benzene rings is 2. The first-order chi connectivity index (χ1) is 9.22. The van der Waals surface area contributed by atoms with Gasteiger partial charge in [-0.25, -0.2) is 0 Å². The second-order valence-corrected chi connectivity index (χ2v) is 6.08. The van der Waals surface area contributed by atoms with E-state index < -0.39 is 0 Å². The largest absolute Gasteiger partial charge is 0.378 e. The van der Waals surface area contributed by atoms with Gasteiger partial charge in [0.15, 0.2) is 0 Å². The predicted molar refractivity (Wildman–Crippen MR) is 80.1 cm³/mol. The Balaban J connectivity index is 2.03. The van der Waals surface area contributed by atoms with Crippen LogP contribution in [0.5, 0.6) is 0 Å². The summed E-state index contributed by atoms with van der Waals surface area (Å²) in [4.78, 5) is 0. The Hall–Kier alpha value is -1.47. The van der Waals surface area contributed by atoms with Gasteiger partial charge < -0.3 is 5.32 Å². The fraction of sp³-hybridized carbons (Fsp3) is 0.294. The number of hydrogen-bond acceptors (Lipinski definition) is 1. The van der Waals surface area contributed by atoms with Crippen LogP contribution in [0.25, 0.3) is 0 Å². The van der Waals surface area contributed by atoms with E-state index >= 15 is 0 Å². The molecule has 2 atom stereocenters. The SMILES string of the molecule is C[C@@H]1c2cc3ccc2CCC(N3)c2ccc(Cl)cc21. The van der Waals surface area contributed by atoms with Gasteiger partial charge in [0.2, 0.25) is 0 Å². The van der Waals surface area contributed by atoms with Crippen LogP contribution < -0.4 is 5.32 Å². The lowest BCUT2D eigenvalue weighted by Gasteiger charge is -2.33. The minimum atomic E-state index is 0.405. The molecule has 2 aromatic carbocycles. The van der Waals surface area contributed by atoms with Crippen molar-refractivity contribution in [3.05, 3.63) is 63.7 Å². The van der Waals surface area contributed by atoms with Gasteiger partial charge in [0.05, 0.1) is 6.04 Å². The minimum absolute atomic E-state index is 0.405. The second-order valence-electron chi connectivity index (χ2n) is 5.64. The van der Waals surface area contributed by atoms with Crippen LogP contribution in [0.4, 0.5) is 5.69 Å². The first-order valence-electron chi connectivity index (χ1n) is 6.91. The van der Waals surface area contributed by atoms with Crippen molar-refractivity contribution < 1.29 is 0 Å². The number of anilines is 1. The molecular weight excluding hydrogens is 254 g/mol. The highest BCUT2D eigenvalue weighted by Crippen LogP contribution is 2.42. The van der Waals surface area contributed by atoms with Crippen molar-refractivity contribution in [1.82, 2.24) is 0 Å².